The van der Waals surface area contributed by atoms with Crippen LogP contribution in [-0.2, 0) is 9.59 Å². The third-order valence-electron chi connectivity index (χ3n) is 7.62. The fourth-order valence-electron chi connectivity index (χ4n) is 5.06. The van der Waals surface area contributed by atoms with E-state index in [1.165, 1.54) is 30.2 Å². The maximum atomic E-state index is 13.7. The topological polar surface area (TPSA) is 109 Å². The Kier molecular flexibility index (Phi) is 12.1. The van der Waals surface area contributed by atoms with Crippen molar-refractivity contribution in [1.29, 1.82) is 0 Å². The number of benzene rings is 5. The zero-order valence-corrected chi connectivity index (χ0v) is 30.7. The molecule has 1 aromatic heterocycles. The number of thioether (sulfide) groups is 1. The molecule has 1 unspecified atom stereocenters. The van der Waals surface area contributed by atoms with Crippen LogP contribution in [0.1, 0.15) is 26.7 Å². The van der Waals surface area contributed by atoms with Crippen LogP contribution in [0.5, 0.6) is 5.75 Å². The lowest BCUT2D eigenvalue weighted by molar-refractivity contribution is -0.116. The second-order valence-electron chi connectivity index (χ2n) is 11.2. The average Bonchev–Trinajstić information content (AvgIpc) is 3.62. The third-order valence-corrected chi connectivity index (χ3v) is 10.2. The van der Waals surface area contributed by atoms with E-state index in [4.69, 9.17) is 27.9 Å². The molecule has 1 heterocycles. The number of ether oxygens (including phenoxy) is 1. The van der Waals surface area contributed by atoms with Crippen molar-refractivity contribution in [2.75, 3.05) is 17.7 Å². The smallest absolute Gasteiger partial charge is 0.272 e. The maximum absolute atomic E-state index is 13.7. The van der Waals surface area contributed by atoms with E-state index in [9.17, 15) is 14.4 Å². The summed E-state index contributed by atoms with van der Waals surface area (Å²) in [5.41, 5.74) is 3.69. The number of carbonyl (C=O) groups excluding carboxylic acids is 3. The molecule has 5 aromatic carbocycles. The SMILES string of the molecule is COc1ccccc1/C=C(\NC(=O)c1ccccc1)C(=O)Nc1ccc(SC(C(=O)Nc2nc(-c3ccc(Cl)cc3Cl)cs2)c2ccccc2)cc1. The van der Waals surface area contributed by atoms with Crippen molar-refractivity contribution in [1.82, 2.24) is 10.3 Å². The molecule has 0 radical (unpaired) electrons. The van der Waals surface area contributed by atoms with E-state index in [0.717, 1.165) is 10.5 Å². The van der Waals surface area contributed by atoms with Gasteiger partial charge in [0, 0.05) is 37.7 Å². The predicted molar refractivity (Wildman–Crippen MR) is 211 cm³/mol. The molecule has 0 aliphatic rings. The van der Waals surface area contributed by atoms with Gasteiger partial charge in [-0.25, -0.2) is 4.98 Å². The van der Waals surface area contributed by atoms with Crippen molar-refractivity contribution in [3.63, 3.8) is 0 Å². The molecule has 6 aromatic rings. The van der Waals surface area contributed by atoms with Gasteiger partial charge in [-0.1, -0.05) is 89.9 Å². The van der Waals surface area contributed by atoms with Crippen LogP contribution in [-0.4, -0.2) is 29.8 Å². The molecule has 0 saturated heterocycles. The first-order valence-electron chi connectivity index (χ1n) is 15.8. The lowest BCUT2D eigenvalue weighted by atomic mass is 10.1. The summed E-state index contributed by atoms with van der Waals surface area (Å²) < 4.78 is 5.46. The number of hydrogen-bond donors (Lipinski definition) is 3. The number of methoxy groups -OCH3 is 1. The normalized spacial score (nSPS) is 11.7. The Bertz CT molecular complexity index is 2230. The van der Waals surface area contributed by atoms with Gasteiger partial charge in [-0.05, 0) is 72.3 Å². The molecule has 6 rings (SSSR count). The summed E-state index contributed by atoms with van der Waals surface area (Å²) in [7, 11) is 1.54. The second kappa shape index (κ2) is 17.2. The van der Waals surface area contributed by atoms with Crippen LogP contribution in [0.3, 0.4) is 0 Å². The van der Waals surface area contributed by atoms with Crippen molar-refractivity contribution >= 4 is 80.9 Å². The number of thiazole rings is 1. The standard InChI is InChI=1S/C40H30Cl2N4O4S2/c1-50-35-15-9-8-14-27(35)22-33(44-37(47)26-12-6-3-7-13-26)38(48)43-29-17-19-30(20-18-29)52-36(25-10-4-2-5-11-25)39(49)46-40-45-34(24-51-40)31-21-16-28(41)23-32(31)42/h2-24,36H,1H3,(H,43,48)(H,44,47)(H,45,46,49)/b33-22-. The minimum Gasteiger partial charge on any atom is -0.496 e. The Hall–Kier alpha value is -5.39. The van der Waals surface area contributed by atoms with Gasteiger partial charge in [0.15, 0.2) is 5.13 Å². The van der Waals surface area contributed by atoms with Gasteiger partial charge >= 0.3 is 0 Å². The molecule has 3 amide bonds. The van der Waals surface area contributed by atoms with Crippen LogP contribution in [0.2, 0.25) is 10.0 Å². The Morgan fingerprint density at radius 3 is 2.23 bits per heavy atom. The molecule has 1 atom stereocenters. The van der Waals surface area contributed by atoms with E-state index in [1.54, 1.807) is 72.8 Å². The largest absolute Gasteiger partial charge is 0.496 e. The Morgan fingerprint density at radius 1 is 0.827 bits per heavy atom. The highest BCUT2D eigenvalue weighted by atomic mass is 35.5. The number of rotatable bonds is 12. The molecule has 0 aliphatic carbocycles. The molecule has 0 aliphatic heterocycles. The molecule has 3 N–H and O–H groups in total. The zero-order valence-electron chi connectivity index (χ0n) is 27.5. The Morgan fingerprint density at radius 2 is 1.52 bits per heavy atom. The summed E-state index contributed by atoms with van der Waals surface area (Å²) >= 11 is 15.1. The van der Waals surface area contributed by atoms with Crippen molar-refractivity contribution in [3.8, 4) is 17.0 Å². The highest BCUT2D eigenvalue weighted by molar-refractivity contribution is 8.00. The van der Waals surface area contributed by atoms with Gasteiger partial charge in [-0.15, -0.1) is 23.1 Å². The van der Waals surface area contributed by atoms with Gasteiger partial charge in [0.2, 0.25) is 5.91 Å². The number of aromatic nitrogens is 1. The molecule has 0 fully saturated rings. The zero-order chi connectivity index (χ0) is 36.5. The summed E-state index contributed by atoms with van der Waals surface area (Å²) in [6, 6.07) is 37.6. The van der Waals surface area contributed by atoms with Gasteiger partial charge in [0.25, 0.3) is 11.8 Å². The molecule has 12 heteroatoms. The molecule has 52 heavy (non-hydrogen) atoms. The summed E-state index contributed by atoms with van der Waals surface area (Å²) in [6.45, 7) is 0. The van der Waals surface area contributed by atoms with Gasteiger partial charge in [-0.3, -0.25) is 14.4 Å². The number of anilines is 2. The van der Waals surface area contributed by atoms with Gasteiger partial charge in [0.05, 0.1) is 17.8 Å². The van der Waals surface area contributed by atoms with Crippen LogP contribution >= 0.6 is 46.3 Å². The number of halogens is 2. The minimum absolute atomic E-state index is 0.0290. The number of carbonyl (C=O) groups is 3. The van der Waals surface area contributed by atoms with Crippen molar-refractivity contribution < 1.29 is 19.1 Å². The summed E-state index contributed by atoms with van der Waals surface area (Å²) in [5.74, 6) is -0.671. The quantitative estimate of drug-likeness (QED) is 0.0846. The predicted octanol–water partition coefficient (Wildman–Crippen LogP) is 10.0. The highest BCUT2D eigenvalue weighted by Gasteiger charge is 2.24. The maximum Gasteiger partial charge on any atom is 0.272 e. The molecule has 0 saturated carbocycles. The number of amides is 3. The number of para-hydroxylation sites is 1. The van der Waals surface area contributed by atoms with E-state index >= 15 is 0 Å². The van der Waals surface area contributed by atoms with E-state index < -0.39 is 17.1 Å². The first-order valence-corrected chi connectivity index (χ1v) is 18.3. The fourth-order valence-corrected chi connectivity index (χ4v) is 7.30. The molecule has 260 valence electrons. The molecule has 8 nitrogen and oxygen atoms in total. The van der Waals surface area contributed by atoms with Crippen LogP contribution in [0.25, 0.3) is 17.3 Å². The molecule has 0 bridgehead atoms. The summed E-state index contributed by atoms with van der Waals surface area (Å²) in [5, 5.41) is 11.2. The average molecular weight is 766 g/mol. The first-order chi connectivity index (χ1) is 25.3. The van der Waals surface area contributed by atoms with Crippen LogP contribution in [0, 0.1) is 0 Å². The lowest BCUT2D eigenvalue weighted by Crippen LogP contribution is -2.30. The molecule has 0 spiro atoms. The molecular formula is C40H30Cl2N4O4S2. The van der Waals surface area contributed by atoms with E-state index in [0.29, 0.717) is 49.0 Å². The number of hydrogen-bond acceptors (Lipinski definition) is 7. The third kappa shape index (κ3) is 9.28. The van der Waals surface area contributed by atoms with Crippen LogP contribution in [0.4, 0.5) is 10.8 Å². The Balaban J connectivity index is 1.18. The minimum atomic E-state index is -0.614. The van der Waals surface area contributed by atoms with Gasteiger partial charge in [-0.2, -0.15) is 0 Å². The van der Waals surface area contributed by atoms with E-state index in [-0.39, 0.29) is 11.6 Å². The van der Waals surface area contributed by atoms with E-state index in [2.05, 4.69) is 20.9 Å². The van der Waals surface area contributed by atoms with Crippen molar-refractivity contribution in [3.05, 3.63) is 165 Å². The second-order valence-corrected chi connectivity index (χ2v) is 14.0. The van der Waals surface area contributed by atoms with Gasteiger partial charge < -0.3 is 20.7 Å². The first kappa shape index (κ1) is 36.4. The summed E-state index contributed by atoms with van der Waals surface area (Å²) in [4.78, 5) is 45.8. The monoisotopic (exact) mass is 764 g/mol. The summed E-state index contributed by atoms with van der Waals surface area (Å²) in [6.07, 6.45) is 1.57. The number of nitrogens with one attached hydrogen (secondary N) is 3. The molecular weight excluding hydrogens is 736 g/mol. The van der Waals surface area contributed by atoms with Crippen LogP contribution < -0.4 is 20.7 Å². The van der Waals surface area contributed by atoms with Crippen LogP contribution in [0.15, 0.2) is 143 Å². The highest BCUT2D eigenvalue weighted by Crippen LogP contribution is 2.38. The number of nitrogens with zero attached hydrogens (tertiary/aromatic N) is 1. The van der Waals surface area contributed by atoms with Crippen molar-refractivity contribution in [2.45, 2.75) is 10.1 Å². The lowest BCUT2D eigenvalue weighted by Gasteiger charge is -2.17. The van der Waals surface area contributed by atoms with Gasteiger partial charge in [0.1, 0.15) is 16.7 Å². The Labute approximate surface area is 318 Å². The fraction of sp³-hybridized carbons (Fsp3) is 0.0500. The van der Waals surface area contributed by atoms with Crippen molar-refractivity contribution in [2.24, 2.45) is 0 Å². The van der Waals surface area contributed by atoms with E-state index in [1.807, 2.05) is 66.0 Å².